The second-order valence-corrected chi connectivity index (χ2v) is 2.23. The maximum absolute atomic E-state index is 6.76. The molecule has 1 rings (SSSR count). The molecule has 4 nitrogen and oxygen atoms in total. The first-order valence-corrected chi connectivity index (χ1v) is 3.67. The number of hydrogen-bond donors (Lipinski definition) is 1. The van der Waals surface area contributed by atoms with E-state index in [9.17, 15) is 0 Å². The molecule has 0 bridgehead atoms. The number of nitrogens with one attached hydrogen (secondary N) is 1. The van der Waals surface area contributed by atoms with E-state index in [0.29, 0.717) is 17.2 Å². The summed E-state index contributed by atoms with van der Waals surface area (Å²) in [5, 5.41) is 6.76. The van der Waals surface area contributed by atoms with Crippen molar-refractivity contribution in [1.29, 1.82) is 5.41 Å². The van der Waals surface area contributed by atoms with Gasteiger partial charge in [-0.3, -0.25) is 0 Å². The smallest absolute Gasteiger partial charge is 0.158 e. The average Bonchev–Trinajstić information content (AvgIpc) is 2.18. The third-order valence-corrected chi connectivity index (χ3v) is 1.57. The van der Waals surface area contributed by atoms with Gasteiger partial charge in [0, 0.05) is 0 Å². The SMILES string of the molecule is COc1cccc(OC)c1N=C=N. The lowest BCUT2D eigenvalue weighted by Crippen LogP contribution is -1.87. The molecule has 13 heavy (non-hydrogen) atoms. The summed E-state index contributed by atoms with van der Waals surface area (Å²) in [4.78, 5) is 3.71. The van der Waals surface area contributed by atoms with E-state index in [0.717, 1.165) is 0 Å². The molecular formula is C9H10N2O2. The van der Waals surface area contributed by atoms with Gasteiger partial charge in [-0.05, 0) is 12.1 Å². The van der Waals surface area contributed by atoms with Crippen LogP contribution in [0.2, 0.25) is 0 Å². The Labute approximate surface area is 76.3 Å². The topological polar surface area (TPSA) is 54.7 Å². The second kappa shape index (κ2) is 4.28. The molecule has 68 valence electrons. The predicted octanol–water partition coefficient (Wildman–Crippen LogP) is 2.09. The van der Waals surface area contributed by atoms with E-state index in [1.165, 1.54) is 14.2 Å². The number of aliphatic imine (C=N–C) groups is 1. The highest BCUT2D eigenvalue weighted by atomic mass is 16.5. The molecule has 0 amide bonds. The van der Waals surface area contributed by atoms with Crippen LogP contribution in [0.5, 0.6) is 11.5 Å². The highest BCUT2D eigenvalue weighted by Gasteiger charge is 2.07. The largest absolute Gasteiger partial charge is 0.494 e. The van der Waals surface area contributed by atoms with Crippen molar-refractivity contribution >= 4 is 11.7 Å². The molecule has 4 heteroatoms. The molecule has 0 unspecified atom stereocenters. The molecule has 1 aromatic rings. The van der Waals surface area contributed by atoms with Crippen molar-refractivity contribution in [2.75, 3.05) is 14.2 Å². The Morgan fingerprint density at radius 3 is 2.15 bits per heavy atom. The lowest BCUT2D eigenvalue weighted by atomic mass is 10.3. The summed E-state index contributed by atoms with van der Waals surface area (Å²) in [5.74, 6) is 1.14. The van der Waals surface area contributed by atoms with Crippen molar-refractivity contribution in [3.63, 3.8) is 0 Å². The van der Waals surface area contributed by atoms with E-state index < -0.39 is 0 Å². The molecular weight excluding hydrogens is 168 g/mol. The minimum atomic E-state index is 0.488. The van der Waals surface area contributed by atoms with Gasteiger partial charge in [-0.15, -0.1) is 0 Å². The van der Waals surface area contributed by atoms with Gasteiger partial charge in [-0.2, -0.15) is 4.99 Å². The third kappa shape index (κ3) is 1.86. The molecule has 0 spiro atoms. The summed E-state index contributed by atoms with van der Waals surface area (Å²) in [5.41, 5.74) is 0.488. The lowest BCUT2D eigenvalue weighted by molar-refractivity contribution is 0.397. The molecule has 0 aliphatic carbocycles. The normalized spacial score (nSPS) is 8.77. The minimum absolute atomic E-state index is 0.488. The summed E-state index contributed by atoms with van der Waals surface area (Å²) in [6.45, 7) is 0. The van der Waals surface area contributed by atoms with Crippen LogP contribution in [0, 0.1) is 5.41 Å². The zero-order valence-corrected chi connectivity index (χ0v) is 7.50. The molecule has 0 heterocycles. The molecule has 0 saturated heterocycles. The van der Waals surface area contributed by atoms with Gasteiger partial charge in [0.2, 0.25) is 0 Å². The van der Waals surface area contributed by atoms with E-state index >= 15 is 0 Å². The Morgan fingerprint density at radius 1 is 1.23 bits per heavy atom. The molecule has 0 saturated carbocycles. The number of ether oxygens (including phenoxy) is 2. The van der Waals surface area contributed by atoms with Crippen molar-refractivity contribution < 1.29 is 9.47 Å². The Morgan fingerprint density at radius 2 is 1.77 bits per heavy atom. The van der Waals surface area contributed by atoms with E-state index in [1.807, 2.05) is 6.01 Å². The predicted molar refractivity (Wildman–Crippen MR) is 49.4 cm³/mol. The van der Waals surface area contributed by atoms with Gasteiger partial charge in [0.25, 0.3) is 0 Å². The molecule has 0 fully saturated rings. The molecule has 1 N–H and O–H groups in total. The van der Waals surface area contributed by atoms with Crippen LogP contribution in [0.25, 0.3) is 0 Å². The van der Waals surface area contributed by atoms with Crippen LogP contribution in [0.3, 0.4) is 0 Å². The van der Waals surface area contributed by atoms with Crippen molar-refractivity contribution in [2.24, 2.45) is 4.99 Å². The number of benzene rings is 1. The first-order valence-electron chi connectivity index (χ1n) is 3.67. The summed E-state index contributed by atoms with van der Waals surface area (Å²) in [6, 6.07) is 7.24. The Hall–Kier alpha value is -1.80. The van der Waals surface area contributed by atoms with Crippen LogP contribution >= 0.6 is 0 Å². The maximum Gasteiger partial charge on any atom is 0.158 e. The number of hydrogen-bond acceptors (Lipinski definition) is 4. The number of methoxy groups -OCH3 is 2. The fourth-order valence-electron chi connectivity index (χ4n) is 0.998. The van der Waals surface area contributed by atoms with E-state index in [4.69, 9.17) is 14.9 Å². The zero-order chi connectivity index (χ0) is 9.68. The first kappa shape index (κ1) is 9.29. The Kier molecular flexibility index (Phi) is 3.06. The van der Waals surface area contributed by atoms with Crippen molar-refractivity contribution in [1.82, 2.24) is 0 Å². The van der Waals surface area contributed by atoms with E-state index in [1.54, 1.807) is 18.2 Å². The summed E-state index contributed by atoms with van der Waals surface area (Å²) in [7, 11) is 3.08. The zero-order valence-electron chi connectivity index (χ0n) is 7.50. The standard InChI is InChI=1S/C9H10N2O2/c1-12-7-4-3-5-8(13-2)9(7)11-6-10/h3-5,10H,1-2H3. The molecule has 0 aromatic heterocycles. The average molecular weight is 178 g/mol. The first-order chi connectivity index (χ1) is 6.33. The van der Waals surface area contributed by atoms with Crippen LogP contribution in [-0.4, -0.2) is 20.2 Å². The van der Waals surface area contributed by atoms with Gasteiger partial charge in [-0.25, -0.2) is 5.41 Å². The molecule has 0 aliphatic rings. The summed E-state index contributed by atoms with van der Waals surface area (Å²) in [6.07, 6.45) is 0. The van der Waals surface area contributed by atoms with Gasteiger partial charge in [0.15, 0.2) is 5.69 Å². The molecule has 0 atom stereocenters. The fourth-order valence-corrected chi connectivity index (χ4v) is 0.998. The van der Waals surface area contributed by atoms with Crippen molar-refractivity contribution in [3.05, 3.63) is 18.2 Å². The lowest BCUT2D eigenvalue weighted by Gasteiger charge is -2.07. The highest BCUT2D eigenvalue weighted by Crippen LogP contribution is 2.36. The van der Waals surface area contributed by atoms with Gasteiger partial charge in [0.1, 0.15) is 11.5 Å². The van der Waals surface area contributed by atoms with Gasteiger partial charge >= 0.3 is 0 Å². The molecule has 1 aromatic carbocycles. The van der Waals surface area contributed by atoms with Crippen LogP contribution in [0.4, 0.5) is 5.69 Å². The van der Waals surface area contributed by atoms with Crippen LogP contribution in [-0.2, 0) is 0 Å². The summed E-state index contributed by atoms with van der Waals surface area (Å²) >= 11 is 0. The van der Waals surface area contributed by atoms with Gasteiger partial charge < -0.3 is 9.47 Å². The number of nitrogens with zero attached hydrogens (tertiary/aromatic N) is 1. The van der Waals surface area contributed by atoms with Crippen LogP contribution in [0.1, 0.15) is 0 Å². The Bertz CT molecular complexity index is 321. The third-order valence-electron chi connectivity index (χ3n) is 1.57. The quantitative estimate of drug-likeness (QED) is 0.720. The summed E-state index contributed by atoms with van der Waals surface area (Å²) < 4.78 is 10.1. The van der Waals surface area contributed by atoms with E-state index in [-0.39, 0.29) is 0 Å². The van der Waals surface area contributed by atoms with E-state index in [2.05, 4.69) is 4.99 Å². The minimum Gasteiger partial charge on any atom is -0.494 e. The van der Waals surface area contributed by atoms with Gasteiger partial charge in [-0.1, -0.05) is 6.07 Å². The fraction of sp³-hybridized carbons (Fsp3) is 0.222. The molecule has 0 aliphatic heterocycles. The van der Waals surface area contributed by atoms with Crippen LogP contribution < -0.4 is 9.47 Å². The number of rotatable bonds is 3. The monoisotopic (exact) mass is 178 g/mol. The number of para-hydroxylation sites is 1. The maximum atomic E-state index is 6.76. The highest BCUT2D eigenvalue weighted by molar-refractivity contribution is 5.66. The second-order valence-electron chi connectivity index (χ2n) is 2.23. The van der Waals surface area contributed by atoms with Crippen molar-refractivity contribution in [2.45, 2.75) is 0 Å². The van der Waals surface area contributed by atoms with Crippen LogP contribution in [0.15, 0.2) is 23.2 Å². The Balaban J connectivity index is 3.28. The van der Waals surface area contributed by atoms with Gasteiger partial charge in [0.05, 0.1) is 20.2 Å². The van der Waals surface area contributed by atoms with Crippen molar-refractivity contribution in [3.8, 4) is 11.5 Å². The molecule has 0 radical (unpaired) electrons.